The summed E-state index contributed by atoms with van der Waals surface area (Å²) in [7, 11) is 2.12. The van der Waals surface area contributed by atoms with Crippen LogP contribution in [-0.2, 0) is 17.8 Å². The van der Waals surface area contributed by atoms with Crippen LogP contribution < -0.4 is 5.73 Å². The molecule has 4 nitrogen and oxygen atoms in total. The Hall–Kier alpha value is -0.840. The van der Waals surface area contributed by atoms with Crippen molar-refractivity contribution in [2.45, 2.75) is 45.5 Å². The van der Waals surface area contributed by atoms with E-state index in [4.69, 9.17) is 14.9 Å². The molecule has 2 unspecified atom stereocenters. The second-order valence-electron chi connectivity index (χ2n) is 4.87. The summed E-state index contributed by atoms with van der Waals surface area (Å²) in [5.74, 6) is 1.88. The Kier molecular flexibility index (Phi) is 3.86. The van der Waals surface area contributed by atoms with Crippen LogP contribution in [0.3, 0.4) is 0 Å². The van der Waals surface area contributed by atoms with E-state index >= 15 is 0 Å². The Morgan fingerprint density at radius 3 is 2.82 bits per heavy atom. The zero-order valence-electron chi connectivity index (χ0n) is 10.9. The number of hydrogen-bond acceptors (Lipinski definition) is 4. The van der Waals surface area contributed by atoms with Gasteiger partial charge in [-0.25, -0.2) is 0 Å². The highest BCUT2D eigenvalue weighted by Crippen LogP contribution is 2.22. The highest BCUT2D eigenvalue weighted by Gasteiger charge is 2.28. The summed E-state index contributed by atoms with van der Waals surface area (Å²) in [6, 6.07) is 2.57. The number of likely N-dealkylation sites (N-methyl/N-ethyl adjacent to an activating group) is 1. The summed E-state index contributed by atoms with van der Waals surface area (Å²) in [5, 5.41) is 0. The van der Waals surface area contributed by atoms with Gasteiger partial charge in [-0.1, -0.05) is 0 Å². The van der Waals surface area contributed by atoms with Crippen LogP contribution in [0.5, 0.6) is 0 Å². The molecule has 0 saturated carbocycles. The van der Waals surface area contributed by atoms with Gasteiger partial charge in [0.05, 0.1) is 19.2 Å². The van der Waals surface area contributed by atoms with E-state index in [0.717, 1.165) is 36.7 Å². The van der Waals surface area contributed by atoms with Gasteiger partial charge in [-0.05, 0) is 38.9 Å². The first kappa shape index (κ1) is 12.6. The highest BCUT2D eigenvalue weighted by atomic mass is 16.5. The fourth-order valence-corrected chi connectivity index (χ4v) is 2.53. The monoisotopic (exact) mass is 238 g/mol. The second kappa shape index (κ2) is 5.21. The topological polar surface area (TPSA) is 51.6 Å². The van der Waals surface area contributed by atoms with Gasteiger partial charge in [0, 0.05) is 12.6 Å². The summed E-state index contributed by atoms with van der Waals surface area (Å²) in [6.45, 7) is 6.32. The Morgan fingerprint density at radius 2 is 2.29 bits per heavy atom. The van der Waals surface area contributed by atoms with Crippen molar-refractivity contribution in [1.29, 1.82) is 0 Å². The van der Waals surface area contributed by atoms with Crippen LogP contribution in [0, 0.1) is 6.92 Å². The van der Waals surface area contributed by atoms with Crippen molar-refractivity contribution < 1.29 is 9.15 Å². The molecule has 17 heavy (non-hydrogen) atoms. The maximum atomic E-state index is 5.72. The van der Waals surface area contributed by atoms with Crippen LogP contribution in [0.1, 0.15) is 30.4 Å². The van der Waals surface area contributed by atoms with Crippen LogP contribution in [-0.4, -0.2) is 30.7 Å². The predicted molar refractivity (Wildman–Crippen MR) is 66.6 cm³/mol. The quantitative estimate of drug-likeness (QED) is 0.866. The van der Waals surface area contributed by atoms with Crippen molar-refractivity contribution in [3.63, 3.8) is 0 Å². The minimum Gasteiger partial charge on any atom is -0.463 e. The van der Waals surface area contributed by atoms with Gasteiger partial charge in [-0.2, -0.15) is 0 Å². The Balaban J connectivity index is 1.99. The molecule has 4 heteroatoms. The van der Waals surface area contributed by atoms with E-state index in [1.54, 1.807) is 0 Å². The van der Waals surface area contributed by atoms with Crippen LogP contribution in [0.2, 0.25) is 0 Å². The lowest BCUT2D eigenvalue weighted by Gasteiger charge is -2.25. The molecule has 2 rings (SSSR count). The van der Waals surface area contributed by atoms with Crippen molar-refractivity contribution in [2.75, 3.05) is 13.7 Å². The average molecular weight is 238 g/mol. The number of nitrogens with two attached hydrogens (primary N) is 1. The van der Waals surface area contributed by atoms with Gasteiger partial charge in [0.1, 0.15) is 11.5 Å². The minimum atomic E-state index is 0.310. The molecule has 1 aromatic heterocycles. The third-order valence-corrected chi connectivity index (χ3v) is 3.56. The summed E-state index contributed by atoms with van der Waals surface area (Å²) in [5.41, 5.74) is 6.76. The van der Waals surface area contributed by atoms with E-state index in [2.05, 4.69) is 24.9 Å². The first-order valence-electron chi connectivity index (χ1n) is 6.22. The molecule has 2 N–H and O–H groups in total. The van der Waals surface area contributed by atoms with Crippen LogP contribution in [0.25, 0.3) is 0 Å². The zero-order chi connectivity index (χ0) is 12.4. The van der Waals surface area contributed by atoms with E-state index in [1.807, 2.05) is 6.92 Å². The number of aryl methyl sites for hydroxylation is 1. The van der Waals surface area contributed by atoms with Crippen molar-refractivity contribution >= 4 is 0 Å². The number of nitrogens with zero attached hydrogens (tertiary/aromatic N) is 1. The summed E-state index contributed by atoms with van der Waals surface area (Å²) in [6.07, 6.45) is 1.41. The molecule has 0 radical (unpaired) electrons. The Bertz CT molecular complexity index is 375. The smallest absolute Gasteiger partial charge is 0.120 e. The molecule has 1 fully saturated rings. The number of furan rings is 1. The van der Waals surface area contributed by atoms with Gasteiger partial charge in [-0.15, -0.1) is 0 Å². The molecular weight excluding hydrogens is 216 g/mol. The van der Waals surface area contributed by atoms with Gasteiger partial charge in [0.2, 0.25) is 0 Å². The van der Waals surface area contributed by atoms with Crippen molar-refractivity contribution in [1.82, 2.24) is 4.90 Å². The maximum Gasteiger partial charge on any atom is 0.120 e. The normalized spacial score (nSPS) is 24.8. The van der Waals surface area contributed by atoms with E-state index in [1.165, 1.54) is 0 Å². The Labute approximate surface area is 103 Å². The second-order valence-corrected chi connectivity index (χ2v) is 4.87. The maximum absolute atomic E-state index is 5.72. The zero-order valence-corrected chi connectivity index (χ0v) is 10.9. The van der Waals surface area contributed by atoms with Crippen molar-refractivity contribution in [3.05, 3.63) is 23.2 Å². The number of hydrogen-bond donors (Lipinski definition) is 1. The fourth-order valence-electron chi connectivity index (χ4n) is 2.53. The SMILES string of the molecule is Cc1cc(CN(C)C2CCOC2C)oc1CN. The van der Waals surface area contributed by atoms with Crippen molar-refractivity contribution in [3.8, 4) is 0 Å². The van der Waals surface area contributed by atoms with Gasteiger partial charge in [0.15, 0.2) is 0 Å². The lowest BCUT2D eigenvalue weighted by Crippen LogP contribution is -2.36. The number of ether oxygens (including phenoxy) is 1. The summed E-state index contributed by atoms with van der Waals surface area (Å²) >= 11 is 0. The molecule has 1 aliphatic rings. The molecule has 0 bridgehead atoms. The predicted octanol–water partition coefficient (Wildman–Crippen LogP) is 1.66. The molecule has 96 valence electrons. The molecule has 2 atom stereocenters. The molecule has 0 aromatic carbocycles. The largest absolute Gasteiger partial charge is 0.463 e. The van der Waals surface area contributed by atoms with Gasteiger partial charge in [0.25, 0.3) is 0 Å². The molecule has 1 aromatic rings. The van der Waals surface area contributed by atoms with Crippen LogP contribution >= 0.6 is 0 Å². The first-order valence-corrected chi connectivity index (χ1v) is 6.22. The summed E-state index contributed by atoms with van der Waals surface area (Å²) < 4.78 is 11.3. The van der Waals surface area contributed by atoms with E-state index in [0.29, 0.717) is 18.7 Å². The van der Waals surface area contributed by atoms with Gasteiger partial charge < -0.3 is 14.9 Å². The molecule has 1 aliphatic heterocycles. The fraction of sp³-hybridized carbons (Fsp3) is 0.692. The number of rotatable bonds is 4. The van der Waals surface area contributed by atoms with Crippen molar-refractivity contribution in [2.24, 2.45) is 5.73 Å². The lowest BCUT2D eigenvalue weighted by molar-refractivity contribution is 0.0790. The molecule has 0 amide bonds. The van der Waals surface area contributed by atoms with Gasteiger partial charge in [-0.3, -0.25) is 4.90 Å². The standard InChI is InChI=1S/C13H22N2O2/c1-9-6-11(17-13(9)7-14)8-15(3)12-4-5-16-10(12)2/h6,10,12H,4-5,7-8,14H2,1-3H3. The molecule has 0 spiro atoms. The van der Waals surface area contributed by atoms with Crippen LogP contribution in [0.15, 0.2) is 10.5 Å². The average Bonchev–Trinajstić information content (AvgIpc) is 2.84. The van der Waals surface area contributed by atoms with E-state index < -0.39 is 0 Å². The molecule has 1 saturated heterocycles. The third-order valence-electron chi connectivity index (χ3n) is 3.56. The van der Waals surface area contributed by atoms with E-state index in [9.17, 15) is 0 Å². The highest BCUT2D eigenvalue weighted by molar-refractivity contribution is 5.19. The molecule has 2 heterocycles. The molecular formula is C13H22N2O2. The van der Waals surface area contributed by atoms with Crippen LogP contribution in [0.4, 0.5) is 0 Å². The summed E-state index contributed by atoms with van der Waals surface area (Å²) in [4.78, 5) is 2.30. The lowest BCUT2D eigenvalue weighted by atomic mass is 10.1. The first-order chi connectivity index (χ1) is 8.11. The Morgan fingerprint density at radius 1 is 1.53 bits per heavy atom. The minimum absolute atomic E-state index is 0.310. The van der Waals surface area contributed by atoms with E-state index in [-0.39, 0.29) is 0 Å². The third kappa shape index (κ3) is 2.70. The molecule has 0 aliphatic carbocycles. The van der Waals surface area contributed by atoms with Gasteiger partial charge >= 0.3 is 0 Å².